The minimum atomic E-state index is -0.449. The Morgan fingerprint density at radius 3 is 2.63 bits per heavy atom. The summed E-state index contributed by atoms with van der Waals surface area (Å²) in [5.41, 5.74) is 2.77. The molecular weight excluding hydrogens is 370 g/mol. The number of halogens is 1. The summed E-state index contributed by atoms with van der Waals surface area (Å²) in [5.74, 6) is 0.367. The zero-order chi connectivity index (χ0) is 19.4. The largest absolute Gasteiger partial charge is 0.377 e. The Morgan fingerprint density at radius 1 is 1.22 bits per heavy atom. The minimum absolute atomic E-state index is 0.194. The van der Waals surface area contributed by atoms with Crippen molar-refractivity contribution in [2.24, 2.45) is 0 Å². The van der Waals surface area contributed by atoms with E-state index in [1.54, 1.807) is 25.6 Å². The number of hydrogen-bond donors (Lipinski definition) is 2. The number of nitrogens with zero attached hydrogens (tertiary/aromatic N) is 5. The lowest BCUT2D eigenvalue weighted by molar-refractivity contribution is 0.119. The van der Waals surface area contributed by atoms with Gasteiger partial charge in [0.25, 0.3) is 0 Å². The van der Waals surface area contributed by atoms with E-state index < -0.39 is 6.03 Å². The molecule has 1 unspecified atom stereocenters. The van der Waals surface area contributed by atoms with Gasteiger partial charge in [-0.15, -0.1) is 4.80 Å². The third-order valence-corrected chi connectivity index (χ3v) is 4.16. The number of amides is 2. The summed E-state index contributed by atoms with van der Waals surface area (Å²) in [5, 5.41) is 13.7. The van der Waals surface area contributed by atoms with Crippen LogP contribution >= 0.6 is 11.6 Å². The summed E-state index contributed by atoms with van der Waals surface area (Å²) in [4.78, 5) is 22.0. The van der Waals surface area contributed by atoms with E-state index in [9.17, 15) is 4.79 Å². The standard InChI is InChI=1S/C17H18ClN7O2/c1-10-7-19-9-14(15(10)11(2)27-3)24-17(26)23-12-6-13(18)16(20-8-12)25-21-4-5-22-25/h4-9,11H,1-3H3,(H2,23,24,26). The van der Waals surface area contributed by atoms with Gasteiger partial charge in [0.15, 0.2) is 5.82 Å². The highest BCUT2D eigenvalue weighted by Crippen LogP contribution is 2.27. The predicted octanol–water partition coefficient (Wildman–Crippen LogP) is 3.37. The number of carbonyl (C=O) groups excluding carboxylic acids is 1. The SMILES string of the molecule is COC(C)c1c(C)cncc1NC(=O)Nc1cnc(-n2nccn2)c(Cl)c1. The second-order valence-electron chi connectivity index (χ2n) is 5.72. The van der Waals surface area contributed by atoms with Gasteiger partial charge in [-0.05, 0) is 25.5 Å². The fourth-order valence-electron chi connectivity index (χ4n) is 2.59. The zero-order valence-electron chi connectivity index (χ0n) is 15.0. The first-order chi connectivity index (χ1) is 13.0. The lowest BCUT2D eigenvalue weighted by Crippen LogP contribution is -2.21. The molecule has 140 valence electrons. The van der Waals surface area contributed by atoms with Crippen molar-refractivity contribution < 1.29 is 9.53 Å². The molecule has 3 aromatic heterocycles. The van der Waals surface area contributed by atoms with Crippen LogP contribution in [0.4, 0.5) is 16.2 Å². The first kappa shape index (κ1) is 18.7. The Kier molecular flexibility index (Phi) is 5.63. The fourth-order valence-corrected chi connectivity index (χ4v) is 2.83. The maximum Gasteiger partial charge on any atom is 0.323 e. The molecule has 0 aliphatic heterocycles. The molecule has 0 radical (unpaired) electrons. The normalized spacial score (nSPS) is 11.9. The van der Waals surface area contributed by atoms with Gasteiger partial charge in [-0.3, -0.25) is 4.98 Å². The Bertz CT molecular complexity index is 946. The molecular formula is C17H18ClN7O2. The predicted molar refractivity (Wildman–Crippen MR) is 101 cm³/mol. The van der Waals surface area contributed by atoms with Crippen LogP contribution in [-0.4, -0.2) is 38.1 Å². The first-order valence-electron chi connectivity index (χ1n) is 8.07. The number of pyridine rings is 2. The molecule has 3 aromatic rings. The third-order valence-electron chi connectivity index (χ3n) is 3.88. The van der Waals surface area contributed by atoms with Gasteiger partial charge in [0.1, 0.15) is 0 Å². The highest BCUT2D eigenvalue weighted by Gasteiger charge is 2.16. The van der Waals surface area contributed by atoms with Crippen LogP contribution in [0, 0.1) is 6.92 Å². The summed E-state index contributed by atoms with van der Waals surface area (Å²) in [7, 11) is 1.61. The number of rotatable bonds is 5. The molecule has 0 aromatic carbocycles. The van der Waals surface area contributed by atoms with Gasteiger partial charge in [-0.25, -0.2) is 9.78 Å². The molecule has 0 bridgehead atoms. The Labute approximate surface area is 160 Å². The molecule has 0 fully saturated rings. The number of nitrogens with one attached hydrogen (secondary N) is 2. The zero-order valence-corrected chi connectivity index (χ0v) is 15.7. The summed E-state index contributed by atoms with van der Waals surface area (Å²) >= 11 is 6.21. The number of methoxy groups -OCH3 is 1. The molecule has 1 atom stereocenters. The number of urea groups is 1. The van der Waals surface area contributed by atoms with E-state index in [0.717, 1.165) is 11.1 Å². The van der Waals surface area contributed by atoms with E-state index >= 15 is 0 Å². The highest BCUT2D eigenvalue weighted by atomic mass is 35.5. The van der Waals surface area contributed by atoms with Crippen molar-refractivity contribution in [3.05, 3.63) is 53.2 Å². The first-order valence-corrected chi connectivity index (χ1v) is 8.45. The Balaban J connectivity index is 1.75. The molecule has 2 amide bonds. The van der Waals surface area contributed by atoms with Gasteiger partial charge in [-0.2, -0.15) is 10.2 Å². The van der Waals surface area contributed by atoms with E-state index in [1.165, 1.54) is 23.4 Å². The van der Waals surface area contributed by atoms with E-state index in [2.05, 4.69) is 30.8 Å². The molecule has 0 spiro atoms. The molecule has 3 heterocycles. The molecule has 27 heavy (non-hydrogen) atoms. The minimum Gasteiger partial charge on any atom is -0.377 e. The topological polar surface area (TPSA) is 107 Å². The van der Waals surface area contributed by atoms with Gasteiger partial charge < -0.3 is 15.4 Å². The maximum atomic E-state index is 12.4. The van der Waals surface area contributed by atoms with Crippen LogP contribution in [0.5, 0.6) is 0 Å². The summed E-state index contributed by atoms with van der Waals surface area (Å²) < 4.78 is 5.38. The van der Waals surface area contributed by atoms with Crippen molar-refractivity contribution in [2.45, 2.75) is 20.0 Å². The Hall–Kier alpha value is -3.04. The van der Waals surface area contributed by atoms with Crippen LogP contribution < -0.4 is 10.6 Å². The number of carbonyl (C=O) groups is 1. The number of hydrogen-bond acceptors (Lipinski definition) is 6. The van der Waals surface area contributed by atoms with Crippen molar-refractivity contribution in [2.75, 3.05) is 17.7 Å². The molecule has 0 saturated heterocycles. The van der Waals surface area contributed by atoms with Crippen LogP contribution in [0.1, 0.15) is 24.2 Å². The lowest BCUT2D eigenvalue weighted by atomic mass is 10.1. The van der Waals surface area contributed by atoms with E-state index in [1.807, 2.05) is 13.8 Å². The van der Waals surface area contributed by atoms with Gasteiger partial charge in [0, 0.05) is 18.9 Å². The average molecular weight is 388 g/mol. The van der Waals surface area contributed by atoms with Crippen LogP contribution in [0.3, 0.4) is 0 Å². The highest BCUT2D eigenvalue weighted by molar-refractivity contribution is 6.32. The molecule has 0 saturated carbocycles. The van der Waals surface area contributed by atoms with Gasteiger partial charge in [-0.1, -0.05) is 11.6 Å². The monoisotopic (exact) mass is 387 g/mol. The van der Waals surface area contributed by atoms with E-state index in [0.29, 0.717) is 22.2 Å². The van der Waals surface area contributed by atoms with Crippen LogP contribution in [0.15, 0.2) is 37.1 Å². The number of ether oxygens (including phenoxy) is 1. The van der Waals surface area contributed by atoms with Crippen LogP contribution in [0.25, 0.3) is 5.82 Å². The fraction of sp³-hybridized carbons (Fsp3) is 0.235. The third kappa shape index (κ3) is 4.21. The van der Waals surface area contributed by atoms with Crippen molar-refractivity contribution >= 4 is 29.0 Å². The summed E-state index contributed by atoms with van der Waals surface area (Å²) in [6, 6.07) is 1.12. The van der Waals surface area contributed by atoms with Gasteiger partial charge >= 0.3 is 6.03 Å². The van der Waals surface area contributed by atoms with Crippen LogP contribution in [0.2, 0.25) is 5.02 Å². The molecule has 2 N–H and O–H groups in total. The van der Waals surface area contributed by atoms with Crippen molar-refractivity contribution in [1.29, 1.82) is 0 Å². The number of aromatic nitrogens is 5. The molecule has 3 rings (SSSR count). The van der Waals surface area contributed by atoms with Gasteiger partial charge in [0.05, 0.1) is 47.3 Å². The van der Waals surface area contributed by atoms with Crippen molar-refractivity contribution in [1.82, 2.24) is 25.0 Å². The lowest BCUT2D eigenvalue weighted by Gasteiger charge is -2.18. The second-order valence-corrected chi connectivity index (χ2v) is 6.13. The molecule has 0 aliphatic rings. The average Bonchev–Trinajstić information content (AvgIpc) is 3.15. The van der Waals surface area contributed by atoms with Gasteiger partial charge in [0.2, 0.25) is 0 Å². The Morgan fingerprint density at radius 2 is 1.96 bits per heavy atom. The summed E-state index contributed by atoms with van der Waals surface area (Å²) in [6.45, 7) is 3.81. The van der Waals surface area contributed by atoms with E-state index in [4.69, 9.17) is 16.3 Å². The quantitative estimate of drug-likeness (QED) is 0.695. The molecule has 0 aliphatic carbocycles. The number of aryl methyl sites for hydroxylation is 1. The second kappa shape index (κ2) is 8.11. The van der Waals surface area contributed by atoms with Crippen molar-refractivity contribution in [3.8, 4) is 5.82 Å². The van der Waals surface area contributed by atoms with Crippen molar-refractivity contribution in [3.63, 3.8) is 0 Å². The molecule has 9 nitrogen and oxygen atoms in total. The smallest absolute Gasteiger partial charge is 0.323 e. The maximum absolute atomic E-state index is 12.4. The number of anilines is 2. The summed E-state index contributed by atoms with van der Waals surface area (Å²) in [6.07, 6.45) is 7.62. The van der Waals surface area contributed by atoms with E-state index in [-0.39, 0.29) is 6.10 Å². The molecule has 10 heteroatoms. The van der Waals surface area contributed by atoms with Crippen LogP contribution in [-0.2, 0) is 4.74 Å².